The Morgan fingerprint density at radius 2 is 1.67 bits per heavy atom. The van der Waals surface area contributed by atoms with Gasteiger partial charge in [-0.1, -0.05) is 30.3 Å². The molecule has 4 heteroatoms. The van der Waals surface area contributed by atoms with Crippen molar-refractivity contribution in [2.24, 2.45) is 11.3 Å². The molecule has 1 aliphatic rings. The Morgan fingerprint density at radius 3 is 2.12 bits per heavy atom. The fourth-order valence-electron chi connectivity index (χ4n) is 2.79. The van der Waals surface area contributed by atoms with E-state index in [0.29, 0.717) is 12.2 Å². The van der Waals surface area contributed by atoms with Crippen molar-refractivity contribution in [1.82, 2.24) is 0 Å². The molecular weight excluding hydrogens is 304 g/mol. The molecule has 2 atom stereocenters. The van der Waals surface area contributed by atoms with Crippen LogP contribution in [0.25, 0.3) is 0 Å². The first-order valence-electron chi connectivity index (χ1n) is 8.22. The molecule has 0 unspecified atom stereocenters. The van der Waals surface area contributed by atoms with Crippen LogP contribution in [-0.2, 0) is 24.7 Å². The lowest BCUT2D eigenvalue weighted by Gasteiger charge is -2.22. The van der Waals surface area contributed by atoms with Gasteiger partial charge >= 0.3 is 11.9 Å². The zero-order chi connectivity index (χ0) is 18.1. The van der Waals surface area contributed by atoms with Crippen LogP contribution in [0.5, 0.6) is 0 Å². The van der Waals surface area contributed by atoms with Crippen LogP contribution >= 0.6 is 0 Å². The molecule has 0 heterocycles. The van der Waals surface area contributed by atoms with Crippen molar-refractivity contribution in [3.63, 3.8) is 0 Å². The van der Waals surface area contributed by atoms with Gasteiger partial charge in [-0.2, -0.15) is 0 Å². The highest BCUT2D eigenvalue weighted by Crippen LogP contribution is 2.59. The van der Waals surface area contributed by atoms with Gasteiger partial charge in [-0.15, -0.1) is 0 Å². The van der Waals surface area contributed by atoms with Crippen LogP contribution in [0.2, 0.25) is 0 Å². The molecule has 1 saturated carbocycles. The van der Waals surface area contributed by atoms with E-state index in [4.69, 9.17) is 9.47 Å². The normalized spacial score (nSPS) is 22.5. The summed E-state index contributed by atoms with van der Waals surface area (Å²) in [6.45, 7) is 10.7. The molecule has 0 aliphatic heterocycles. The first-order chi connectivity index (χ1) is 11.1. The summed E-state index contributed by atoms with van der Waals surface area (Å²) < 4.78 is 11.4. The number of rotatable bonds is 4. The summed E-state index contributed by atoms with van der Waals surface area (Å²) in [5.74, 6) is -0.146. The van der Waals surface area contributed by atoms with Crippen LogP contribution < -0.4 is 0 Å². The van der Waals surface area contributed by atoms with Crippen LogP contribution in [0, 0.1) is 11.3 Å². The highest BCUT2D eigenvalue weighted by Gasteiger charge is 2.62. The number of allylic oxidation sites excluding steroid dienone is 1. The lowest BCUT2D eigenvalue weighted by molar-refractivity contribution is -0.151. The van der Waals surface area contributed by atoms with Gasteiger partial charge in [0.15, 0.2) is 0 Å². The van der Waals surface area contributed by atoms with Crippen molar-refractivity contribution in [2.45, 2.75) is 53.6 Å². The molecule has 0 saturated heterocycles. The van der Waals surface area contributed by atoms with Crippen molar-refractivity contribution in [3.05, 3.63) is 47.2 Å². The van der Waals surface area contributed by atoms with Crippen molar-refractivity contribution < 1.29 is 19.1 Å². The van der Waals surface area contributed by atoms with Gasteiger partial charge in [0, 0.05) is 13.3 Å². The number of esters is 2. The van der Waals surface area contributed by atoms with Crippen molar-refractivity contribution in [2.75, 3.05) is 0 Å². The average molecular weight is 330 g/mol. The third kappa shape index (κ3) is 3.69. The molecule has 0 bridgehead atoms. The zero-order valence-corrected chi connectivity index (χ0v) is 15.3. The Morgan fingerprint density at radius 1 is 1.08 bits per heavy atom. The summed E-state index contributed by atoms with van der Waals surface area (Å²) in [5.41, 5.74) is 0.517. The monoisotopic (exact) mass is 330 g/mol. The molecule has 1 aromatic rings. The molecule has 1 fully saturated rings. The average Bonchev–Trinajstić information content (AvgIpc) is 3.18. The first-order valence-corrected chi connectivity index (χ1v) is 8.22. The Balaban J connectivity index is 2.34. The van der Waals surface area contributed by atoms with E-state index in [9.17, 15) is 9.59 Å². The second kappa shape index (κ2) is 6.42. The van der Waals surface area contributed by atoms with Crippen LogP contribution in [0.15, 0.2) is 41.7 Å². The second-order valence-electron chi connectivity index (χ2n) is 7.61. The summed E-state index contributed by atoms with van der Waals surface area (Å²) in [7, 11) is 0. The summed E-state index contributed by atoms with van der Waals surface area (Å²) >= 11 is 0. The topological polar surface area (TPSA) is 52.6 Å². The van der Waals surface area contributed by atoms with Crippen LogP contribution in [0.1, 0.15) is 53.5 Å². The maximum absolute atomic E-state index is 12.3. The Bertz CT molecular complexity index is 663. The zero-order valence-electron chi connectivity index (χ0n) is 15.3. The van der Waals surface area contributed by atoms with E-state index in [1.165, 1.54) is 6.92 Å². The molecule has 0 spiro atoms. The molecule has 130 valence electrons. The number of carbonyl (C=O) groups is 2. The van der Waals surface area contributed by atoms with Crippen LogP contribution in [-0.4, -0.2) is 11.9 Å². The maximum atomic E-state index is 12.3. The van der Waals surface area contributed by atoms with E-state index in [1.54, 1.807) is 0 Å². The molecule has 1 aromatic carbocycles. The lowest BCUT2D eigenvalue weighted by atomic mass is 9.97. The minimum atomic E-state index is -0.738. The van der Waals surface area contributed by atoms with Gasteiger partial charge in [-0.3, -0.25) is 9.59 Å². The Labute approximate surface area is 143 Å². The fourth-order valence-corrected chi connectivity index (χ4v) is 2.79. The van der Waals surface area contributed by atoms with Gasteiger partial charge in [-0.25, -0.2) is 0 Å². The number of hydrogen-bond donors (Lipinski definition) is 0. The van der Waals surface area contributed by atoms with E-state index >= 15 is 0 Å². The van der Waals surface area contributed by atoms with Crippen LogP contribution in [0.3, 0.4) is 0 Å². The highest BCUT2D eigenvalue weighted by atomic mass is 16.6. The van der Waals surface area contributed by atoms with E-state index in [2.05, 4.69) is 0 Å². The van der Waals surface area contributed by atoms with Crippen molar-refractivity contribution >= 4 is 11.9 Å². The molecule has 0 amide bonds. The number of carbonyl (C=O) groups excluding carboxylic acids is 2. The summed E-state index contributed by atoms with van der Waals surface area (Å²) in [4.78, 5) is 24.0. The largest absolute Gasteiger partial charge is 0.454 e. The maximum Gasteiger partial charge on any atom is 0.316 e. The van der Waals surface area contributed by atoms with E-state index in [1.807, 2.05) is 65.0 Å². The third-order valence-electron chi connectivity index (χ3n) is 4.12. The predicted octanol–water partition coefficient (Wildman–Crippen LogP) is 4.35. The SMILES string of the molecule is CC(=O)O[C@@]1(c2ccccc2)C[C@@H]1C(OC(=O)C(C)(C)C)=C(C)C. The minimum Gasteiger partial charge on any atom is -0.454 e. The smallest absolute Gasteiger partial charge is 0.316 e. The highest BCUT2D eigenvalue weighted by molar-refractivity contribution is 5.76. The molecule has 0 radical (unpaired) electrons. The van der Waals surface area contributed by atoms with E-state index in [0.717, 1.165) is 11.1 Å². The Kier molecular flexibility index (Phi) is 4.88. The molecule has 24 heavy (non-hydrogen) atoms. The van der Waals surface area contributed by atoms with Crippen molar-refractivity contribution in [1.29, 1.82) is 0 Å². The van der Waals surface area contributed by atoms with Gasteiger partial charge in [0.2, 0.25) is 0 Å². The lowest BCUT2D eigenvalue weighted by Crippen LogP contribution is -2.25. The van der Waals surface area contributed by atoms with Gasteiger partial charge in [0.25, 0.3) is 0 Å². The van der Waals surface area contributed by atoms with Gasteiger partial charge in [-0.05, 0) is 45.8 Å². The quantitative estimate of drug-likeness (QED) is 0.608. The van der Waals surface area contributed by atoms with Gasteiger partial charge < -0.3 is 9.47 Å². The van der Waals surface area contributed by atoms with Crippen molar-refractivity contribution in [3.8, 4) is 0 Å². The second-order valence-corrected chi connectivity index (χ2v) is 7.61. The third-order valence-corrected chi connectivity index (χ3v) is 4.12. The van der Waals surface area contributed by atoms with Crippen LogP contribution in [0.4, 0.5) is 0 Å². The molecular formula is C20H26O4. The molecule has 0 N–H and O–H groups in total. The Hall–Kier alpha value is -2.10. The number of hydrogen-bond acceptors (Lipinski definition) is 4. The van der Waals surface area contributed by atoms with Gasteiger partial charge in [0.05, 0.1) is 11.3 Å². The molecule has 2 rings (SSSR count). The summed E-state index contributed by atoms with van der Waals surface area (Å²) in [6.07, 6.45) is 0.620. The van der Waals surface area contributed by atoms with E-state index < -0.39 is 11.0 Å². The minimum absolute atomic E-state index is 0.139. The first kappa shape index (κ1) is 18.2. The molecule has 0 aromatic heterocycles. The standard InChI is InChI=1S/C20H26O4/c1-13(2)17(23-18(22)19(4,5)6)16-12-20(16,24-14(3)21)15-10-8-7-9-11-15/h7-11,16H,12H2,1-6H3/t16-,20-/m1/s1. The van der Waals surface area contributed by atoms with E-state index in [-0.39, 0.29) is 17.9 Å². The molecule has 1 aliphatic carbocycles. The summed E-state index contributed by atoms with van der Waals surface area (Å²) in [6, 6.07) is 9.64. The number of ether oxygens (including phenoxy) is 2. The molecule has 4 nitrogen and oxygen atoms in total. The number of benzene rings is 1. The fraction of sp³-hybridized carbons (Fsp3) is 0.500. The predicted molar refractivity (Wildman–Crippen MR) is 91.9 cm³/mol. The van der Waals surface area contributed by atoms with Gasteiger partial charge in [0.1, 0.15) is 11.4 Å². The summed E-state index contributed by atoms with van der Waals surface area (Å²) in [5, 5.41) is 0.